The van der Waals surface area contributed by atoms with Gasteiger partial charge in [-0.2, -0.15) is 0 Å². The Morgan fingerprint density at radius 1 is 1.21 bits per heavy atom. The first-order chi connectivity index (χ1) is 9.04. The molecule has 0 unspecified atom stereocenters. The highest BCUT2D eigenvalue weighted by atomic mass is 32.2. The van der Waals surface area contributed by atoms with Gasteiger partial charge in [0.05, 0.1) is 6.33 Å². The zero-order valence-electron chi connectivity index (χ0n) is 10.8. The van der Waals surface area contributed by atoms with E-state index in [4.69, 9.17) is 5.14 Å². The molecular weight excluding hydrogens is 266 g/mol. The summed E-state index contributed by atoms with van der Waals surface area (Å²) in [5.74, 6) is 0. The van der Waals surface area contributed by atoms with Gasteiger partial charge in [-0.1, -0.05) is 26.2 Å². The summed E-state index contributed by atoms with van der Waals surface area (Å²) >= 11 is 0. The van der Waals surface area contributed by atoms with Gasteiger partial charge in [0, 0.05) is 6.54 Å². The summed E-state index contributed by atoms with van der Waals surface area (Å²) in [5.41, 5.74) is 0.746. The average molecular weight is 283 g/mol. The van der Waals surface area contributed by atoms with Gasteiger partial charge in [0.1, 0.15) is 11.8 Å². The van der Waals surface area contributed by atoms with Gasteiger partial charge in [0.2, 0.25) is 5.03 Å². The Balaban J connectivity index is 2.29. The van der Waals surface area contributed by atoms with E-state index in [-0.39, 0.29) is 10.5 Å². The highest BCUT2D eigenvalue weighted by Crippen LogP contribution is 2.16. The number of aromatic nitrogens is 4. The molecule has 0 radical (unpaired) electrons. The summed E-state index contributed by atoms with van der Waals surface area (Å²) in [5, 5.41) is 4.89. The van der Waals surface area contributed by atoms with E-state index in [0.29, 0.717) is 5.65 Å². The molecule has 0 aliphatic carbocycles. The summed E-state index contributed by atoms with van der Waals surface area (Å²) < 4.78 is 24.6. The lowest BCUT2D eigenvalue weighted by molar-refractivity contribution is 0.588. The molecule has 2 aromatic rings. The van der Waals surface area contributed by atoms with Gasteiger partial charge in [0.15, 0.2) is 5.65 Å². The van der Waals surface area contributed by atoms with Gasteiger partial charge in [-0.05, 0) is 6.42 Å². The smallest absolute Gasteiger partial charge is 0.257 e. The summed E-state index contributed by atoms with van der Waals surface area (Å²) in [4.78, 5) is 11.8. The maximum Gasteiger partial charge on any atom is 0.257 e. The van der Waals surface area contributed by atoms with Crippen LogP contribution < -0.4 is 5.14 Å². The van der Waals surface area contributed by atoms with Gasteiger partial charge >= 0.3 is 0 Å². The van der Waals surface area contributed by atoms with E-state index in [0.717, 1.165) is 19.4 Å². The van der Waals surface area contributed by atoms with Gasteiger partial charge in [-0.25, -0.2) is 28.5 Å². The number of fused-ring (bicyclic) bond motifs is 1. The van der Waals surface area contributed by atoms with Crippen LogP contribution in [0.25, 0.3) is 11.2 Å². The molecule has 7 nitrogen and oxygen atoms in total. The first-order valence-corrected chi connectivity index (χ1v) is 7.77. The molecule has 0 aliphatic rings. The maximum atomic E-state index is 11.4. The van der Waals surface area contributed by atoms with E-state index >= 15 is 0 Å². The third kappa shape index (κ3) is 3.07. The Morgan fingerprint density at radius 2 is 2.00 bits per heavy atom. The van der Waals surface area contributed by atoms with Crippen LogP contribution in [0.1, 0.15) is 32.6 Å². The fourth-order valence-electron chi connectivity index (χ4n) is 1.94. The Kier molecular flexibility index (Phi) is 4.11. The molecule has 0 bridgehead atoms. The predicted molar refractivity (Wildman–Crippen MR) is 70.8 cm³/mol. The monoisotopic (exact) mass is 283 g/mol. The Labute approximate surface area is 111 Å². The van der Waals surface area contributed by atoms with Crippen molar-refractivity contribution in [1.29, 1.82) is 0 Å². The molecule has 0 saturated heterocycles. The van der Waals surface area contributed by atoms with Crippen molar-refractivity contribution in [2.24, 2.45) is 5.14 Å². The van der Waals surface area contributed by atoms with Gasteiger partial charge in [-0.15, -0.1) is 0 Å². The lowest BCUT2D eigenvalue weighted by Gasteiger charge is -2.03. The van der Waals surface area contributed by atoms with E-state index in [1.807, 2.05) is 4.57 Å². The van der Waals surface area contributed by atoms with Gasteiger partial charge in [-0.3, -0.25) is 0 Å². The number of unbranched alkanes of at least 4 members (excludes halogenated alkanes) is 3. The Morgan fingerprint density at radius 3 is 2.68 bits per heavy atom. The number of hydrogen-bond acceptors (Lipinski definition) is 5. The second kappa shape index (κ2) is 5.62. The minimum Gasteiger partial charge on any atom is -0.315 e. The number of nitrogens with zero attached hydrogens (tertiary/aromatic N) is 4. The van der Waals surface area contributed by atoms with Crippen LogP contribution in [-0.4, -0.2) is 27.9 Å². The van der Waals surface area contributed by atoms with Crippen molar-refractivity contribution in [3.05, 3.63) is 12.7 Å². The second-order valence-electron chi connectivity index (χ2n) is 4.39. The molecule has 2 rings (SSSR count). The zero-order chi connectivity index (χ0) is 13.9. The summed E-state index contributed by atoms with van der Waals surface area (Å²) in [6.45, 7) is 2.91. The van der Waals surface area contributed by atoms with Crippen LogP contribution in [0.15, 0.2) is 17.7 Å². The third-order valence-electron chi connectivity index (χ3n) is 2.89. The Bertz CT molecular complexity index is 665. The highest BCUT2D eigenvalue weighted by Gasteiger charge is 2.18. The molecule has 0 atom stereocenters. The molecule has 0 aliphatic heterocycles. The normalized spacial score (nSPS) is 12.1. The standard InChI is InChI=1S/C11H17N5O2S/c1-2-3-4-5-6-16-8-15-9-10(16)13-7-14-11(9)19(12,17)18/h7-8H,2-6H2,1H3,(H2,12,17,18). The summed E-state index contributed by atoms with van der Waals surface area (Å²) in [7, 11) is -3.87. The molecule has 19 heavy (non-hydrogen) atoms. The molecule has 0 aromatic carbocycles. The summed E-state index contributed by atoms with van der Waals surface area (Å²) in [6, 6.07) is 0. The minimum absolute atomic E-state index is 0.218. The van der Waals surface area contributed by atoms with Crippen molar-refractivity contribution in [3.8, 4) is 0 Å². The molecule has 2 aromatic heterocycles. The van der Waals surface area contributed by atoms with Crippen molar-refractivity contribution in [1.82, 2.24) is 19.5 Å². The van der Waals surface area contributed by atoms with Crippen molar-refractivity contribution in [3.63, 3.8) is 0 Å². The molecule has 2 N–H and O–H groups in total. The number of sulfonamides is 1. The van der Waals surface area contributed by atoms with Crippen LogP contribution in [0.4, 0.5) is 0 Å². The lowest BCUT2D eigenvalue weighted by Crippen LogP contribution is -2.15. The van der Waals surface area contributed by atoms with E-state index in [9.17, 15) is 8.42 Å². The lowest BCUT2D eigenvalue weighted by atomic mass is 10.2. The maximum absolute atomic E-state index is 11.4. The number of aryl methyl sites for hydroxylation is 1. The van der Waals surface area contributed by atoms with Gasteiger partial charge in [0.25, 0.3) is 10.0 Å². The first-order valence-electron chi connectivity index (χ1n) is 6.22. The molecule has 0 spiro atoms. The zero-order valence-corrected chi connectivity index (χ0v) is 11.6. The highest BCUT2D eigenvalue weighted by molar-refractivity contribution is 7.89. The number of rotatable bonds is 6. The topological polar surface area (TPSA) is 104 Å². The van der Waals surface area contributed by atoms with E-state index in [1.165, 1.54) is 19.2 Å². The van der Waals surface area contributed by atoms with Crippen molar-refractivity contribution in [2.75, 3.05) is 0 Å². The van der Waals surface area contributed by atoms with Crippen LogP contribution in [0.2, 0.25) is 0 Å². The van der Waals surface area contributed by atoms with Crippen LogP contribution >= 0.6 is 0 Å². The number of hydrogen-bond donors (Lipinski definition) is 1. The minimum atomic E-state index is -3.87. The fraction of sp³-hybridized carbons (Fsp3) is 0.545. The fourth-order valence-corrected chi connectivity index (χ4v) is 2.55. The van der Waals surface area contributed by atoms with Crippen molar-refractivity contribution < 1.29 is 8.42 Å². The molecule has 2 heterocycles. The third-order valence-corrected chi connectivity index (χ3v) is 3.73. The molecule has 104 valence electrons. The SMILES string of the molecule is CCCCCCn1cnc2c(S(N)(=O)=O)ncnc21. The predicted octanol–water partition coefficient (Wildman–Crippen LogP) is 1.05. The number of nitrogens with two attached hydrogens (primary N) is 1. The molecule has 8 heteroatoms. The largest absolute Gasteiger partial charge is 0.315 e. The van der Waals surface area contributed by atoms with Crippen molar-refractivity contribution in [2.45, 2.75) is 44.2 Å². The van der Waals surface area contributed by atoms with Crippen LogP contribution in [0.3, 0.4) is 0 Å². The number of primary sulfonamides is 1. The molecular formula is C11H17N5O2S. The molecule has 0 fully saturated rings. The Hall–Kier alpha value is -1.54. The number of imidazole rings is 1. The van der Waals surface area contributed by atoms with Gasteiger partial charge < -0.3 is 4.57 Å². The van der Waals surface area contributed by atoms with E-state index < -0.39 is 10.0 Å². The van der Waals surface area contributed by atoms with Crippen LogP contribution in [0.5, 0.6) is 0 Å². The quantitative estimate of drug-likeness (QED) is 0.630. The van der Waals surface area contributed by atoms with E-state index in [2.05, 4.69) is 21.9 Å². The second-order valence-corrected chi connectivity index (χ2v) is 5.87. The molecule has 0 amide bonds. The van der Waals surface area contributed by atoms with Crippen LogP contribution in [-0.2, 0) is 16.6 Å². The average Bonchev–Trinajstić information content (AvgIpc) is 2.76. The summed E-state index contributed by atoms with van der Waals surface area (Å²) in [6.07, 6.45) is 7.27. The first kappa shape index (κ1) is 13.9. The van der Waals surface area contributed by atoms with E-state index in [1.54, 1.807) is 6.33 Å². The molecule has 0 saturated carbocycles. The van der Waals surface area contributed by atoms with Crippen LogP contribution in [0, 0.1) is 0 Å². The van der Waals surface area contributed by atoms with Crippen molar-refractivity contribution >= 4 is 21.2 Å².